The van der Waals surface area contributed by atoms with Crippen LogP contribution in [-0.2, 0) is 0 Å². The van der Waals surface area contributed by atoms with Crippen molar-refractivity contribution in [3.63, 3.8) is 0 Å². The number of halogens is 1. The van der Waals surface area contributed by atoms with Gasteiger partial charge in [-0.25, -0.2) is 0 Å². The van der Waals surface area contributed by atoms with Crippen molar-refractivity contribution in [3.05, 3.63) is 58.1 Å². The molecule has 0 saturated heterocycles. The van der Waals surface area contributed by atoms with E-state index in [2.05, 4.69) is 21.2 Å². The molecule has 0 fully saturated rings. The number of rotatable bonds is 3. The molecule has 1 heterocycles. The first-order valence-corrected chi connectivity index (χ1v) is 7.89. The van der Waals surface area contributed by atoms with Crippen LogP contribution in [0.15, 0.2) is 46.9 Å². The Morgan fingerprint density at radius 2 is 1.77 bits per heavy atom. The molecule has 0 spiro atoms. The van der Waals surface area contributed by atoms with Crippen LogP contribution in [0.5, 0.6) is 11.5 Å². The quantitative estimate of drug-likeness (QED) is 0.906. The molecule has 4 nitrogen and oxygen atoms in total. The molecule has 1 amide bonds. The molecule has 1 N–H and O–H groups in total. The van der Waals surface area contributed by atoms with Gasteiger partial charge in [0.1, 0.15) is 13.2 Å². The Morgan fingerprint density at radius 1 is 1.09 bits per heavy atom. The van der Waals surface area contributed by atoms with Crippen LogP contribution in [-0.4, -0.2) is 19.1 Å². The van der Waals surface area contributed by atoms with Gasteiger partial charge in [-0.2, -0.15) is 0 Å². The number of benzene rings is 2. The van der Waals surface area contributed by atoms with Crippen molar-refractivity contribution < 1.29 is 14.3 Å². The van der Waals surface area contributed by atoms with Crippen molar-refractivity contribution in [2.24, 2.45) is 0 Å². The first kappa shape index (κ1) is 14.9. The molecule has 1 unspecified atom stereocenters. The zero-order chi connectivity index (χ0) is 15.5. The van der Waals surface area contributed by atoms with Crippen LogP contribution >= 0.6 is 15.9 Å². The molecule has 2 aromatic carbocycles. The van der Waals surface area contributed by atoms with Crippen molar-refractivity contribution in [1.29, 1.82) is 0 Å². The van der Waals surface area contributed by atoms with E-state index in [1.54, 1.807) is 12.1 Å². The van der Waals surface area contributed by atoms with E-state index >= 15 is 0 Å². The smallest absolute Gasteiger partial charge is 0.251 e. The summed E-state index contributed by atoms with van der Waals surface area (Å²) < 4.78 is 12.0. The minimum Gasteiger partial charge on any atom is -0.486 e. The fraction of sp³-hybridized carbons (Fsp3) is 0.235. The standard InChI is InChI=1S/C17H16BrNO3/c1-11(19-17(20)12-2-5-14(18)6-3-12)13-4-7-15-16(10-13)22-9-8-21-15/h2-7,10-11H,8-9H2,1H3,(H,19,20). The summed E-state index contributed by atoms with van der Waals surface area (Å²) in [6, 6.07) is 12.9. The highest BCUT2D eigenvalue weighted by atomic mass is 79.9. The lowest BCUT2D eigenvalue weighted by Gasteiger charge is -2.21. The molecule has 0 radical (unpaired) electrons. The normalized spacial score (nSPS) is 14.3. The molecule has 22 heavy (non-hydrogen) atoms. The summed E-state index contributed by atoms with van der Waals surface area (Å²) in [7, 11) is 0. The Balaban J connectivity index is 1.72. The first-order chi connectivity index (χ1) is 10.6. The molecule has 5 heteroatoms. The average molecular weight is 362 g/mol. The molecule has 1 atom stereocenters. The van der Waals surface area contributed by atoms with Gasteiger partial charge in [0.2, 0.25) is 0 Å². The van der Waals surface area contributed by atoms with Gasteiger partial charge in [0.25, 0.3) is 5.91 Å². The second kappa shape index (κ2) is 6.40. The maximum atomic E-state index is 12.2. The topological polar surface area (TPSA) is 47.6 Å². The van der Waals surface area contributed by atoms with Gasteiger partial charge < -0.3 is 14.8 Å². The molecule has 0 saturated carbocycles. The predicted molar refractivity (Wildman–Crippen MR) is 87.5 cm³/mol. The molecule has 1 aliphatic heterocycles. The Labute approximate surface area is 137 Å². The molecule has 0 bridgehead atoms. The van der Waals surface area contributed by atoms with E-state index in [9.17, 15) is 4.79 Å². The second-order valence-corrected chi connectivity index (χ2v) is 6.02. The monoisotopic (exact) mass is 361 g/mol. The maximum absolute atomic E-state index is 12.2. The third-order valence-corrected chi connectivity index (χ3v) is 4.05. The van der Waals surface area contributed by atoms with Crippen molar-refractivity contribution in [1.82, 2.24) is 5.32 Å². The van der Waals surface area contributed by atoms with E-state index in [-0.39, 0.29) is 11.9 Å². The lowest BCUT2D eigenvalue weighted by molar-refractivity contribution is 0.0939. The number of hydrogen-bond acceptors (Lipinski definition) is 3. The number of carbonyl (C=O) groups excluding carboxylic acids is 1. The number of nitrogens with one attached hydrogen (secondary N) is 1. The summed E-state index contributed by atoms with van der Waals surface area (Å²) in [4.78, 5) is 12.2. The number of fused-ring (bicyclic) bond motifs is 1. The van der Waals surface area contributed by atoms with Gasteiger partial charge in [-0.1, -0.05) is 22.0 Å². The summed E-state index contributed by atoms with van der Waals surface area (Å²) >= 11 is 3.36. The molecule has 1 aliphatic rings. The molecule has 3 rings (SSSR count). The number of ether oxygens (including phenoxy) is 2. The Hall–Kier alpha value is -2.01. The highest BCUT2D eigenvalue weighted by molar-refractivity contribution is 9.10. The van der Waals surface area contributed by atoms with Gasteiger partial charge in [-0.3, -0.25) is 4.79 Å². The highest BCUT2D eigenvalue weighted by Gasteiger charge is 2.16. The summed E-state index contributed by atoms with van der Waals surface area (Å²) in [6.07, 6.45) is 0. The van der Waals surface area contributed by atoms with E-state index in [1.807, 2.05) is 37.3 Å². The van der Waals surface area contributed by atoms with Crippen LogP contribution in [0.2, 0.25) is 0 Å². The van der Waals surface area contributed by atoms with Crippen LogP contribution in [0.3, 0.4) is 0 Å². The Kier molecular flexibility index (Phi) is 4.34. The Bertz CT molecular complexity index is 685. The van der Waals surface area contributed by atoms with Crippen LogP contribution in [0.25, 0.3) is 0 Å². The minimum absolute atomic E-state index is 0.102. The molecular weight excluding hydrogens is 346 g/mol. The maximum Gasteiger partial charge on any atom is 0.251 e. The van der Waals surface area contributed by atoms with E-state index < -0.39 is 0 Å². The number of carbonyl (C=O) groups is 1. The van der Waals surface area contributed by atoms with Crippen LogP contribution in [0.1, 0.15) is 28.9 Å². The largest absolute Gasteiger partial charge is 0.486 e. The SMILES string of the molecule is CC(NC(=O)c1ccc(Br)cc1)c1ccc2c(c1)OCCO2. The first-order valence-electron chi connectivity index (χ1n) is 7.09. The zero-order valence-corrected chi connectivity index (χ0v) is 13.7. The highest BCUT2D eigenvalue weighted by Crippen LogP contribution is 2.32. The van der Waals surface area contributed by atoms with E-state index in [4.69, 9.17) is 9.47 Å². The number of amides is 1. The van der Waals surface area contributed by atoms with E-state index in [0.29, 0.717) is 18.8 Å². The summed E-state index contributed by atoms with van der Waals surface area (Å²) in [5.41, 5.74) is 1.61. The fourth-order valence-electron chi connectivity index (χ4n) is 2.29. The molecule has 0 aromatic heterocycles. The number of hydrogen-bond donors (Lipinski definition) is 1. The average Bonchev–Trinajstić information content (AvgIpc) is 2.55. The second-order valence-electron chi connectivity index (χ2n) is 5.11. The van der Waals surface area contributed by atoms with Crippen molar-refractivity contribution in [2.75, 3.05) is 13.2 Å². The van der Waals surface area contributed by atoms with Gasteiger partial charge in [0, 0.05) is 10.0 Å². The summed E-state index contributed by atoms with van der Waals surface area (Å²) in [5, 5.41) is 2.99. The van der Waals surface area contributed by atoms with Crippen molar-refractivity contribution in [2.45, 2.75) is 13.0 Å². The van der Waals surface area contributed by atoms with Crippen molar-refractivity contribution >= 4 is 21.8 Å². The van der Waals surface area contributed by atoms with Gasteiger partial charge in [-0.05, 0) is 48.9 Å². The molecule has 0 aliphatic carbocycles. The Morgan fingerprint density at radius 3 is 2.50 bits per heavy atom. The fourth-order valence-corrected chi connectivity index (χ4v) is 2.56. The van der Waals surface area contributed by atoms with Crippen LogP contribution in [0.4, 0.5) is 0 Å². The zero-order valence-electron chi connectivity index (χ0n) is 12.1. The van der Waals surface area contributed by atoms with Gasteiger partial charge in [-0.15, -0.1) is 0 Å². The molecular formula is C17H16BrNO3. The summed E-state index contributed by atoms with van der Waals surface area (Å²) in [5.74, 6) is 1.38. The van der Waals surface area contributed by atoms with E-state index in [0.717, 1.165) is 21.5 Å². The molecule has 2 aromatic rings. The third-order valence-electron chi connectivity index (χ3n) is 3.52. The minimum atomic E-state index is -0.119. The lowest BCUT2D eigenvalue weighted by atomic mass is 10.1. The lowest BCUT2D eigenvalue weighted by Crippen LogP contribution is -2.26. The van der Waals surface area contributed by atoms with Crippen LogP contribution in [0, 0.1) is 0 Å². The van der Waals surface area contributed by atoms with Crippen molar-refractivity contribution in [3.8, 4) is 11.5 Å². The molecule has 114 valence electrons. The van der Waals surface area contributed by atoms with Gasteiger partial charge in [0.05, 0.1) is 6.04 Å². The van der Waals surface area contributed by atoms with Gasteiger partial charge in [0.15, 0.2) is 11.5 Å². The predicted octanol–water partition coefficient (Wildman–Crippen LogP) is 3.71. The van der Waals surface area contributed by atoms with E-state index in [1.165, 1.54) is 0 Å². The third kappa shape index (κ3) is 3.25. The van der Waals surface area contributed by atoms with Gasteiger partial charge >= 0.3 is 0 Å². The summed E-state index contributed by atoms with van der Waals surface area (Å²) in [6.45, 7) is 3.07. The van der Waals surface area contributed by atoms with Crippen LogP contribution < -0.4 is 14.8 Å².